The van der Waals surface area contributed by atoms with Gasteiger partial charge in [-0.2, -0.15) is 5.10 Å². The number of hydrogen-bond donors (Lipinski definition) is 2. The fourth-order valence-corrected chi connectivity index (χ4v) is 4.11. The third-order valence-electron chi connectivity index (χ3n) is 4.53. The largest absolute Gasteiger partial charge is 0.352 e. The first kappa shape index (κ1) is 19.5. The van der Waals surface area contributed by atoms with Gasteiger partial charge in [-0.05, 0) is 59.2 Å². The Morgan fingerprint density at radius 1 is 1.30 bits per heavy atom. The summed E-state index contributed by atoms with van der Waals surface area (Å²) in [5.74, 6) is -0.0893. The molecule has 0 bridgehead atoms. The molecule has 1 amide bonds. The molecule has 0 radical (unpaired) electrons. The second kappa shape index (κ2) is 8.19. The van der Waals surface area contributed by atoms with Crippen LogP contribution in [0.3, 0.4) is 0 Å². The molecule has 0 saturated heterocycles. The maximum atomic E-state index is 12.9. The molecule has 0 saturated carbocycles. The molecule has 0 aliphatic carbocycles. The van der Waals surface area contributed by atoms with Gasteiger partial charge in [-0.15, -0.1) is 11.3 Å². The number of thiophene rings is 1. The summed E-state index contributed by atoms with van der Waals surface area (Å²) in [5, 5.41) is 8.26. The van der Waals surface area contributed by atoms with E-state index in [1.54, 1.807) is 17.5 Å². The van der Waals surface area contributed by atoms with Crippen LogP contribution in [0.4, 0.5) is 0 Å². The van der Waals surface area contributed by atoms with Crippen LogP contribution in [0.2, 0.25) is 0 Å². The summed E-state index contributed by atoms with van der Waals surface area (Å²) < 4.78 is 1.87. The number of hydrogen-bond acceptors (Lipinski definition) is 5. The van der Waals surface area contributed by atoms with Gasteiger partial charge in [-0.25, -0.2) is 9.67 Å². The number of nitrogens with one attached hydrogen (secondary N) is 1. The molecule has 0 unspecified atom stereocenters. The van der Waals surface area contributed by atoms with E-state index in [0.29, 0.717) is 18.7 Å². The van der Waals surface area contributed by atoms with Gasteiger partial charge in [0.2, 0.25) is 0 Å². The van der Waals surface area contributed by atoms with Crippen LogP contribution in [-0.2, 0) is 0 Å². The van der Waals surface area contributed by atoms with Gasteiger partial charge >= 0.3 is 0 Å². The number of carbonyl (C=O) groups is 1. The molecule has 3 aromatic rings. The number of aromatic nitrogens is 3. The first-order chi connectivity index (χ1) is 12.9. The highest BCUT2D eigenvalue weighted by atomic mass is 32.1. The number of nitrogens with zero attached hydrogens (tertiary/aromatic N) is 3. The van der Waals surface area contributed by atoms with Crippen LogP contribution < -0.4 is 11.1 Å². The third kappa shape index (κ3) is 4.04. The first-order valence-corrected chi connectivity index (χ1v) is 10.2. The molecule has 0 atom stereocenters. The SMILES string of the molecule is Cc1cc(-c2cc(C(=O)NCCCCN)c3cnn(C(C)C)c3n2)c(C)s1. The first-order valence-electron chi connectivity index (χ1n) is 9.36. The number of nitrogens with two attached hydrogens (primary N) is 1. The van der Waals surface area contributed by atoms with Crippen molar-refractivity contribution in [2.75, 3.05) is 13.1 Å². The van der Waals surface area contributed by atoms with Crippen LogP contribution in [0.1, 0.15) is 52.8 Å². The number of rotatable bonds is 7. The monoisotopic (exact) mass is 385 g/mol. The summed E-state index contributed by atoms with van der Waals surface area (Å²) in [6.07, 6.45) is 3.51. The van der Waals surface area contributed by atoms with E-state index in [1.165, 1.54) is 9.75 Å². The van der Waals surface area contributed by atoms with Crippen LogP contribution in [0, 0.1) is 13.8 Å². The van der Waals surface area contributed by atoms with Crippen molar-refractivity contribution in [1.82, 2.24) is 20.1 Å². The predicted octanol–water partition coefficient (Wildman–Crippen LogP) is 3.83. The number of aryl methyl sites for hydroxylation is 2. The average Bonchev–Trinajstić information content (AvgIpc) is 3.20. The van der Waals surface area contributed by atoms with E-state index < -0.39 is 0 Å². The molecule has 3 heterocycles. The van der Waals surface area contributed by atoms with Crippen LogP contribution in [0.5, 0.6) is 0 Å². The lowest BCUT2D eigenvalue weighted by Crippen LogP contribution is -2.25. The van der Waals surface area contributed by atoms with Gasteiger partial charge in [0.15, 0.2) is 5.65 Å². The summed E-state index contributed by atoms with van der Waals surface area (Å²) in [6, 6.07) is 4.19. The lowest BCUT2D eigenvalue weighted by Gasteiger charge is -2.11. The highest BCUT2D eigenvalue weighted by Gasteiger charge is 2.19. The van der Waals surface area contributed by atoms with Gasteiger partial charge < -0.3 is 11.1 Å². The summed E-state index contributed by atoms with van der Waals surface area (Å²) in [7, 11) is 0. The Hall–Kier alpha value is -2.25. The third-order valence-corrected chi connectivity index (χ3v) is 5.50. The maximum Gasteiger partial charge on any atom is 0.252 e. The van der Waals surface area contributed by atoms with E-state index in [1.807, 2.05) is 10.7 Å². The zero-order chi connectivity index (χ0) is 19.6. The van der Waals surface area contributed by atoms with E-state index in [2.05, 4.69) is 44.2 Å². The fraction of sp³-hybridized carbons (Fsp3) is 0.450. The number of pyridine rings is 1. The van der Waals surface area contributed by atoms with Crippen molar-refractivity contribution in [2.45, 2.75) is 46.6 Å². The lowest BCUT2D eigenvalue weighted by molar-refractivity contribution is 0.0954. The summed E-state index contributed by atoms with van der Waals surface area (Å²) in [6.45, 7) is 9.55. The van der Waals surface area contributed by atoms with E-state index in [9.17, 15) is 4.79 Å². The van der Waals surface area contributed by atoms with E-state index in [0.717, 1.165) is 35.1 Å². The zero-order valence-corrected chi connectivity index (χ0v) is 17.2. The van der Waals surface area contributed by atoms with Crippen molar-refractivity contribution in [1.29, 1.82) is 0 Å². The van der Waals surface area contributed by atoms with E-state index in [-0.39, 0.29) is 11.9 Å². The van der Waals surface area contributed by atoms with Crippen molar-refractivity contribution in [3.8, 4) is 11.3 Å². The Morgan fingerprint density at radius 2 is 2.07 bits per heavy atom. The van der Waals surface area contributed by atoms with Crippen LogP contribution >= 0.6 is 11.3 Å². The van der Waals surface area contributed by atoms with Crippen molar-refractivity contribution < 1.29 is 4.79 Å². The Bertz CT molecular complexity index is 957. The highest BCUT2D eigenvalue weighted by Crippen LogP contribution is 2.32. The Morgan fingerprint density at radius 3 is 2.70 bits per heavy atom. The minimum absolute atomic E-state index is 0.0893. The normalized spacial score (nSPS) is 11.5. The molecule has 7 heteroatoms. The molecule has 3 N–H and O–H groups in total. The van der Waals surface area contributed by atoms with Gasteiger partial charge in [0, 0.05) is 27.9 Å². The Kier molecular flexibility index (Phi) is 5.92. The molecule has 0 aliphatic rings. The number of carbonyl (C=O) groups excluding carboxylic acids is 1. The number of fused-ring (bicyclic) bond motifs is 1. The van der Waals surface area contributed by atoms with Crippen molar-refractivity contribution >= 4 is 28.3 Å². The molecule has 6 nitrogen and oxygen atoms in total. The maximum absolute atomic E-state index is 12.9. The van der Waals surface area contributed by atoms with Gasteiger partial charge in [0.25, 0.3) is 5.91 Å². The van der Waals surface area contributed by atoms with Crippen molar-refractivity contribution in [3.63, 3.8) is 0 Å². The van der Waals surface area contributed by atoms with Crippen molar-refractivity contribution in [3.05, 3.63) is 33.6 Å². The standard InChI is InChI=1S/C20H27N5OS/c1-12(2)25-19-17(11-23-25)16(20(26)22-8-6-5-7-21)10-18(24-19)15-9-13(3)27-14(15)4/h9-12H,5-8,21H2,1-4H3,(H,22,26). The predicted molar refractivity (Wildman–Crippen MR) is 111 cm³/mol. The molecule has 0 spiro atoms. The second-order valence-electron chi connectivity index (χ2n) is 7.05. The van der Waals surface area contributed by atoms with E-state index >= 15 is 0 Å². The molecule has 0 aromatic carbocycles. The molecule has 0 aliphatic heterocycles. The summed E-state index contributed by atoms with van der Waals surface area (Å²) in [4.78, 5) is 20.2. The summed E-state index contributed by atoms with van der Waals surface area (Å²) >= 11 is 1.74. The molecule has 3 rings (SSSR count). The number of unbranched alkanes of at least 4 members (excludes halogenated alkanes) is 1. The van der Waals surface area contributed by atoms with E-state index in [4.69, 9.17) is 10.7 Å². The second-order valence-corrected chi connectivity index (χ2v) is 8.51. The minimum Gasteiger partial charge on any atom is -0.352 e. The molecular weight excluding hydrogens is 358 g/mol. The molecule has 3 aromatic heterocycles. The van der Waals surface area contributed by atoms with Crippen LogP contribution in [0.25, 0.3) is 22.3 Å². The topological polar surface area (TPSA) is 85.8 Å². The quantitative estimate of drug-likeness (QED) is 0.605. The zero-order valence-electron chi connectivity index (χ0n) is 16.4. The van der Waals surface area contributed by atoms with Gasteiger partial charge in [0.05, 0.1) is 22.8 Å². The van der Waals surface area contributed by atoms with Gasteiger partial charge in [-0.3, -0.25) is 4.79 Å². The minimum atomic E-state index is -0.0893. The molecule has 27 heavy (non-hydrogen) atoms. The average molecular weight is 386 g/mol. The van der Waals surface area contributed by atoms with Crippen molar-refractivity contribution in [2.24, 2.45) is 5.73 Å². The molecule has 144 valence electrons. The van der Waals surface area contributed by atoms with Gasteiger partial charge in [-0.1, -0.05) is 0 Å². The lowest BCUT2D eigenvalue weighted by atomic mass is 10.1. The fourth-order valence-electron chi connectivity index (χ4n) is 3.17. The summed E-state index contributed by atoms with van der Waals surface area (Å²) in [5.41, 5.74) is 8.80. The van der Waals surface area contributed by atoms with Crippen LogP contribution in [-0.4, -0.2) is 33.8 Å². The highest BCUT2D eigenvalue weighted by molar-refractivity contribution is 7.12. The Balaban J connectivity index is 2.08. The number of amides is 1. The Labute approximate surface area is 163 Å². The molecular formula is C20H27N5OS. The van der Waals surface area contributed by atoms with Crippen LogP contribution in [0.15, 0.2) is 18.3 Å². The smallest absolute Gasteiger partial charge is 0.252 e. The van der Waals surface area contributed by atoms with Gasteiger partial charge in [0.1, 0.15) is 0 Å². The molecule has 0 fully saturated rings.